The van der Waals surface area contributed by atoms with Gasteiger partial charge in [-0.05, 0) is 30.7 Å². The molecule has 19 heavy (non-hydrogen) atoms. The van der Waals surface area contributed by atoms with Crippen molar-refractivity contribution in [1.82, 2.24) is 0 Å². The second-order valence-electron chi connectivity index (χ2n) is 4.48. The lowest BCUT2D eigenvalue weighted by Gasteiger charge is -2.14. The fourth-order valence-electron chi connectivity index (χ4n) is 1.92. The number of rotatable bonds is 3. The van der Waals surface area contributed by atoms with E-state index in [9.17, 15) is 9.50 Å². The predicted octanol–water partition coefficient (Wildman–Crippen LogP) is 4.83. The lowest BCUT2D eigenvalue weighted by molar-refractivity contribution is 0.173. The molecule has 0 aliphatic rings. The van der Waals surface area contributed by atoms with Gasteiger partial charge in [-0.1, -0.05) is 51.3 Å². The highest BCUT2D eigenvalue weighted by Gasteiger charge is 2.15. The highest BCUT2D eigenvalue weighted by molar-refractivity contribution is 9.10. The number of aliphatic hydroxyl groups excluding tert-OH is 1. The van der Waals surface area contributed by atoms with Gasteiger partial charge in [0.2, 0.25) is 0 Å². The first-order chi connectivity index (χ1) is 8.97. The number of aryl methyl sites for hydroxylation is 1. The van der Waals surface area contributed by atoms with E-state index in [4.69, 9.17) is 11.6 Å². The van der Waals surface area contributed by atoms with E-state index in [0.717, 1.165) is 15.6 Å². The van der Waals surface area contributed by atoms with Gasteiger partial charge in [0.15, 0.2) is 0 Å². The Hall–Kier alpha value is -0.900. The topological polar surface area (TPSA) is 20.2 Å². The summed E-state index contributed by atoms with van der Waals surface area (Å²) < 4.78 is 14.6. The average Bonchev–Trinajstić information content (AvgIpc) is 2.35. The first-order valence-corrected chi connectivity index (χ1v) is 7.02. The summed E-state index contributed by atoms with van der Waals surface area (Å²) >= 11 is 9.42. The van der Waals surface area contributed by atoms with Gasteiger partial charge in [0, 0.05) is 21.5 Å². The van der Waals surface area contributed by atoms with Gasteiger partial charge in [-0.3, -0.25) is 0 Å². The molecule has 2 aromatic carbocycles. The molecule has 1 nitrogen and oxygen atoms in total. The third-order valence-electron chi connectivity index (χ3n) is 2.94. The first kappa shape index (κ1) is 14.5. The van der Waals surface area contributed by atoms with Crippen molar-refractivity contribution in [2.75, 3.05) is 0 Å². The molecule has 0 saturated carbocycles. The molecule has 0 saturated heterocycles. The van der Waals surface area contributed by atoms with Crippen molar-refractivity contribution in [3.63, 3.8) is 0 Å². The Labute approximate surface area is 125 Å². The van der Waals surface area contributed by atoms with Gasteiger partial charge in [0.1, 0.15) is 5.82 Å². The van der Waals surface area contributed by atoms with Gasteiger partial charge < -0.3 is 5.11 Å². The lowest BCUT2D eigenvalue weighted by atomic mass is 9.99. The number of aliphatic hydroxyl groups is 1. The minimum absolute atomic E-state index is 0.284. The van der Waals surface area contributed by atoms with Gasteiger partial charge in [-0.2, -0.15) is 0 Å². The van der Waals surface area contributed by atoms with Crippen LogP contribution in [0.25, 0.3) is 0 Å². The molecule has 0 aliphatic carbocycles. The van der Waals surface area contributed by atoms with Crippen LogP contribution >= 0.6 is 27.5 Å². The molecule has 0 amide bonds. The van der Waals surface area contributed by atoms with E-state index < -0.39 is 11.9 Å². The zero-order valence-electron chi connectivity index (χ0n) is 10.3. The molecule has 0 spiro atoms. The SMILES string of the molecule is Cc1ccc(F)c(C(O)Cc2ccc(Br)cc2Cl)c1. The van der Waals surface area contributed by atoms with E-state index in [1.165, 1.54) is 6.07 Å². The van der Waals surface area contributed by atoms with Gasteiger partial charge in [-0.15, -0.1) is 0 Å². The summed E-state index contributed by atoms with van der Waals surface area (Å²) in [6.07, 6.45) is -0.620. The van der Waals surface area contributed by atoms with Crippen molar-refractivity contribution in [3.8, 4) is 0 Å². The van der Waals surface area contributed by atoms with Crippen molar-refractivity contribution in [2.24, 2.45) is 0 Å². The van der Waals surface area contributed by atoms with Crippen molar-refractivity contribution in [1.29, 1.82) is 0 Å². The minimum atomic E-state index is -0.904. The van der Waals surface area contributed by atoms with Crippen LogP contribution in [0.4, 0.5) is 4.39 Å². The van der Waals surface area contributed by atoms with Crippen LogP contribution in [0.1, 0.15) is 22.8 Å². The maximum absolute atomic E-state index is 13.7. The van der Waals surface area contributed by atoms with E-state index >= 15 is 0 Å². The first-order valence-electron chi connectivity index (χ1n) is 5.85. The molecule has 100 valence electrons. The molecule has 1 N–H and O–H groups in total. The molecular formula is C15H13BrClFO. The number of hydrogen-bond acceptors (Lipinski definition) is 1. The summed E-state index contributed by atoms with van der Waals surface area (Å²) in [7, 11) is 0. The van der Waals surface area contributed by atoms with Gasteiger partial charge in [-0.25, -0.2) is 4.39 Å². The van der Waals surface area contributed by atoms with Crippen molar-refractivity contribution in [2.45, 2.75) is 19.4 Å². The Bertz CT molecular complexity index is 601. The maximum Gasteiger partial charge on any atom is 0.129 e. The highest BCUT2D eigenvalue weighted by Crippen LogP contribution is 2.27. The zero-order valence-corrected chi connectivity index (χ0v) is 12.7. The largest absolute Gasteiger partial charge is 0.388 e. The van der Waals surface area contributed by atoms with Crippen LogP contribution in [0.5, 0.6) is 0 Å². The van der Waals surface area contributed by atoms with E-state index in [0.29, 0.717) is 10.6 Å². The van der Waals surface area contributed by atoms with E-state index in [-0.39, 0.29) is 6.42 Å². The second kappa shape index (κ2) is 6.04. The van der Waals surface area contributed by atoms with Crippen LogP contribution < -0.4 is 0 Å². The quantitative estimate of drug-likeness (QED) is 0.846. The van der Waals surface area contributed by atoms with Crippen molar-refractivity contribution >= 4 is 27.5 Å². The molecule has 0 heterocycles. The Morgan fingerprint density at radius 2 is 2.00 bits per heavy atom. The second-order valence-corrected chi connectivity index (χ2v) is 5.80. The molecule has 0 fully saturated rings. The molecule has 0 radical (unpaired) electrons. The van der Waals surface area contributed by atoms with Crippen LogP contribution in [0, 0.1) is 12.7 Å². The third kappa shape index (κ3) is 3.56. The highest BCUT2D eigenvalue weighted by atomic mass is 79.9. The van der Waals surface area contributed by atoms with Crippen molar-refractivity contribution in [3.05, 3.63) is 68.4 Å². The Balaban J connectivity index is 2.25. The molecule has 2 aromatic rings. The molecular weight excluding hydrogens is 331 g/mol. The van der Waals surface area contributed by atoms with Gasteiger partial charge in [0.05, 0.1) is 6.10 Å². The Morgan fingerprint density at radius 3 is 2.68 bits per heavy atom. The van der Waals surface area contributed by atoms with Crippen LogP contribution in [0.2, 0.25) is 5.02 Å². The number of hydrogen-bond donors (Lipinski definition) is 1. The summed E-state index contributed by atoms with van der Waals surface area (Å²) in [6, 6.07) is 10.1. The average molecular weight is 344 g/mol. The molecule has 1 unspecified atom stereocenters. The maximum atomic E-state index is 13.7. The molecule has 2 rings (SSSR count). The summed E-state index contributed by atoms with van der Waals surface area (Å²) in [4.78, 5) is 0. The van der Waals surface area contributed by atoms with E-state index in [2.05, 4.69) is 15.9 Å². The third-order valence-corrected chi connectivity index (χ3v) is 3.78. The fraction of sp³-hybridized carbons (Fsp3) is 0.200. The Kier molecular flexibility index (Phi) is 4.61. The molecule has 0 bridgehead atoms. The van der Waals surface area contributed by atoms with Crippen LogP contribution in [0.3, 0.4) is 0 Å². The summed E-state index contributed by atoms with van der Waals surface area (Å²) in [5.41, 5.74) is 2.01. The molecule has 0 aromatic heterocycles. The summed E-state index contributed by atoms with van der Waals surface area (Å²) in [5, 5.41) is 10.7. The zero-order chi connectivity index (χ0) is 14.0. The van der Waals surface area contributed by atoms with Crippen LogP contribution in [-0.2, 0) is 6.42 Å². The molecule has 0 aliphatic heterocycles. The summed E-state index contributed by atoms with van der Waals surface area (Å²) in [5.74, 6) is -0.397. The van der Waals surface area contributed by atoms with Crippen LogP contribution in [0.15, 0.2) is 40.9 Å². The minimum Gasteiger partial charge on any atom is -0.388 e. The number of benzene rings is 2. The monoisotopic (exact) mass is 342 g/mol. The molecule has 1 atom stereocenters. The van der Waals surface area contributed by atoms with Crippen LogP contribution in [-0.4, -0.2) is 5.11 Å². The normalized spacial score (nSPS) is 12.5. The molecule has 4 heteroatoms. The predicted molar refractivity (Wildman–Crippen MR) is 79.0 cm³/mol. The number of halogens is 3. The van der Waals surface area contributed by atoms with E-state index in [1.54, 1.807) is 18.2 Å². The summed E-state index contributed by atoms with van der Waals surface area (Å²) in [6.45, 7) is 1.86. The van der Waals surface area contributed by atoms with Gasteiger partial charge in [0.25, 0.3) is 0 Å². The Morgan fingerprint density at radius 1 is 1.26 bits per heavy atom. The fourth-order valence-corrected chi connectivity index (χ4v) is 2.67. The van der Waals surface area contributed by atoms with E-state index in [1.807, 2.05) is 19.1 Å². The van der Waals surface area contributed by atoms with Crippen molar-refractivity contribution < 1.29 is 9.50 Å². The van der Waals surface area contributed by atoms with Gasteiger partial charge >= 0.3 is 0 Å². The standard InChI is InChI=1S/C15H13BrClFO/c1-9-2-5-14(18)12(6-9)15(19)7-10-3-4-11(16)8-13(10)17/h2-6,8,15,19H,7H2,1H3. The lowest BCUT2D eigenvalue weighted by Crippen LogP contribution is -2.05. The smallest absolute Gasteiger partial charge is 0.129 e.